The molecule has 0 radical (unpaired) electrons. The van der Waals surface area contributed by atoms with Gasteiger partial charge in [0.2, 0.25) is 0 Å². The monoisotopic (exact) mass is 268 g/mol. The molecule has 2 aromatic rings. The second-order valence-corrected chi connectivity index (χ2v) is 4.45. The maximum Gasteiger partial charge on any atom is 0.258 e. The number of aromatic amines is 1. The van der Waals surface area contributed by atoms with Crippen LogP contribution in [0.1, 0.15) is 18.1 Å². The number of ether oxygens (including phenoxy) is 2. The summed E-state index contributed by atoms with van der Waals surface area (Å²) < 4.78 is 10.3. The first-order valence-electron chi connectivity index (χ1n) is 5.37. The molecule has 0 fully saturated rings. The minimum absolute atomic E-state index is 0.247. The van der Waals surface area contributed by atoms with E-state index in [9.17, 15) is 4.79 Å². The molecule has 0 saturated carbocycles. The zero-order valence-electron chi connectivity index (χ0n) is 10.3. The molecule has 0 saturated heterocycles. The molecule has 0 unspecified atom stereocenters. The van der Waals surface area contributed by atoms with Gasteiger partial charge in [0.25, 0.3) is 5.56 Å². The Labute approximate surface area is 109 Å². The van der Waals surface area contributed by atoms with Crippen molar-refractivity contribution in [1.29, 1.82) is 0 Å². The number of nitrogens with one attached hydrogen (secondary N) is 1. The van der Waals surface area contributed by atoms with E-state index in [0.717, 1.165) is 0 Å². The predicted octanol–water partition coefficient (Wildman–Crippen LogP) is 2.24. The Morgan fingerprint density at radius 2 is 1.89 bits per heavy atom. The SMILES string of the molecule is COc1cc2nc([C@@H](C)Cl)[nH]c(=O)c2cc1OC. The third-order valence-electron chi connectivity index (χ3n) is 2.61. The van der Waals surface area contributed by atoms with E-state index in [0.29, 0.717) is 28.2 Å². The molecule has 1 N–H and O–H groups in total. The van der Waals surface area contributed by atoms with Gasteiger partial charge in [0.15, 0.2) is 11.5 Å². The molecular formula is C12H13ClN2O3. The number of alkyl halides is 1. The molecule has 1 aromatic heterocycles. The van der Waals surface area contributed by atoms with E-state index in [1.807, 2.05) is 0 Å². The van der Waals surface area contributed by atoms with Gasteiger partial charge in [0.05, 0.1) is 30.5 Å². The number of hydrogen-bond donors (Lipinski definition) is 1. The van der Waals surface area contributed by atoms with Crippen molar-refractivity contribution in [3.05, 3.63) is 28.3 Å². The van der Waals surface area contributed by atoms with Crippen LogP contribution in [-0.2, 0) is 0 Å². The molecule has 0 aliphatic rings. The molecule has 1 aromatic carbocycles. The third-order valence-corrected chi connectivity index (χ3v) is 2.81. The lowest BCUT2D eigenvalue weighted by atomic mass is 10.2. The van der Waals surface area contributed by atoms with Crippen molar-refractivity contribution in [2.45, 2.75) is 12.3 Å². The Balaban J connectivity index is 2.76. The van der Waals surface area contributed by atoms with Gasteiger partial charge in [-0.2, -0.15) is 0 Å². The van der Waals surface area contributed by atoms with Gasteiger partial charge in [-0.3, -0.25) is 4.79 Å². The first kappa shape index (κ1) is 12.7. The lowest BCUT2D eigenvalue weighted by Gasteiger charge is -2.09. The molecule has 1 heterocycles. The molecule has 0 amide bonds. The van der Waals surface area contributed by atoms with Gasteiger partial charge in [-0.25, -0.2) is 4.98 Å². The quantitative estimate of drug-likeness (QED) is 0.867. The number of fused-ring (bicyclic) bond motifs is 1. The molecule has 0 aliphatic heterocycles. The van der Waals surface area contributed by atoms with Gasteiger partial charge in [-0.1, -0.05) is 0 Å². The number of halogens is 1. The fraction of sp³-hybridized carbons (Fsp3) is 0.333. The summed E-state index contributed by atoms with van der Waals surface area (Å²) in [4.78, 5) is 18.9. The van der Waals surface area contributed by atoms with Crippen LogP contribution in [0.15, 0.2) is 16.9 Å². The number of methoxy groups -OCH3 is 2. The number of aromatic nitrogens is 2. The van der Waals surface area contributed by atoms with Crippen LogP contribution in [-0.4, -0.2) is 24.2 Å². The van der Waals surface area contributed by atoms with Gasteiger partial charge in [0, 0.05) is 6.07 Å². The zero-order valence-corrected chi connectivity index (χ0v) is 11.0. The number of nitrogens with zero attached hydrogens (tertiary/aromatic N) is 1. The van der Waals surface area contributed by atoms with Crippen LogP contribution in [0.3, 0.4) is 0 Å². The average molecular weight is 269 g/mol. The molecule has 0 spiro atoms. The topological polar surface area (TPSA) is 64.2 Å². The van der Waals surface area contributed by atoms with E-state index in [4.69, 9.17) is 21.1 Å². The van der Waals surface area contributed by atoms with E-state index in [1.54, 1.807) is 19.1 Å². The lowest BCUT2D eigenvalue weighted by molar-refractivity contribution is 0.355. The van der Waals surface area contributed by atoms with E-state index >= 15 is 0 Å². The third kappa shape index (κ3) is 2.13. The Morgan fingerprint density at radius 1 is 1.28 bits per heavy atom. The van der Waals surface area contributed by atoms with Crippen LogP contribution in [0, 0.1) is 0 Å². The molecule has 1 atom stereocenters. The largest absolute Gasteiger partial charge is 0.493 e. The lowest BCUT2D eigenvalue weighted by Crippen LogP contribution is -2.12. The highest BCUT2D eigenvalue weighted by Gasteiger charge is 2.12. The number of hydrogen-bond acceptors (Lipinski definition) is 4. The van der Waals surface area contributed by atoms with Crippen LogP contribution in [0.2, 0.25) is 0 Å². The number of H-pyrrole nitrogens is 1. The van der Waals surface area contributed by atoms with Crippen molar-refractivity contribution in [3.8, 4) is 11.5 Å². The van der Waals surface area contributed by atoms with Crippen molar-refractivity contribution in [2.24, 2.45) is 0 Å². The van der Waals surface area contributed by atoms with Gasteiger partial charge in [-0.15, -0.1) is 11.6 Å². The Hall–Kier alpha value is -1.75. The molecule has 5 nitrogen and oxygen atoms in total. The summed E-state index contributed by atoms with van der Waals surface area (Å²) in [5.41, 5.74) is 0.280. The van der Waals surface area contributed by atoms with Crippen LogP contribution in [0.25, 0.3) is 10.9 Å². The van der Waals surface area contributed by atoms with Gasteiger partial charge in [0.1, 0.15) is 5.82 Å². The normalized spacial score (nSPS) is 12.4. The standard InChI is InChI=1S/C12H13ClN2O3/c1-6(13)11-14-8-5-10(18-3)9(17-2)4-7(8)12(16)15-11/h4-6H,1-3H3,(H,14,15,16)/t6-/m1/s1. The van der Waals surface area contributed by atoms with Gasteiger partial charge >= 0.3 is 0 Å². The van der Waals surface area contributed by atoms with Crippen molar-refractivity contribution in [1.82, 2.24) is 9.97 Å². The summed E-state index contributed by atoms with van der Waals surface area (Å²) in [7, 11) is 3.04. The summed E-state index contributed by atoms with van der Waals surface area (Å²) in [6.45, 7) is 1.74. The highest BCUT2D eigenvalue weighted by Crippen LogP contribution is 2.30. The summed E-state index contributed by atoms with van der Waals surface area (Å²) in [6.07, 6.45) is 0. The van der Waals surface area contributed by atoms with E-state index < -0.39 is 0 Å². The van der Waals surface area contributed by atoms with Crippen molar-refractivity contribution >= 4 is 22.5 Å². The van der Waals surface area contributed by atoms with E-state index in [2.05, 4.69) is 9.97 Å². The maximum atomic E-state index is 11.9. The molecule has 96 valence electrons. The number of benzene rings is 1. The number of rotatable bonds is 3. The summed E-state index contributed by atoms with van der Waals surface area (Å²) >= 11 is 5.92. The summed E-state index contributed by atoms with van der Waals surface area (Å²) in [6, 6.07) is 3.26. The second-order valence-electron chi connectivity index (χ2n) is 3.79. The predicted molar refractivity (Wildman–Crippen MR) is 69.7 cm³/mol. The Bertz CT molecular complexity index is 637. The minimum Gasteiger partial charge on any atom is -0.493 e. The fourth-order valence-corrected chi connectivity index (χ4v) is 1.78. The average Bonchev–Trinajstić information content (AvgIpc) is 2.36. The highest BCUT2D eigenvalue weighted by molar-refractivity contribution is 6.20. The van der Waals surface area contributed by atoms with Crippen molar-refractivity contribution in [2.75, 3.05) is 14.2 Å². The van der Waals surface area contributed by atoms with Crippen LogP contribution in [0.5, 0.6) is 11.5 Å². The zero-order chi connectivity index (χ0) is 13.3. The molecule has 6 heteroatoms. The molecule has 18 heavy (non-hydrogen) atoms. The Morgan fingerprint density at radius 3 is 2.44 bits per heavy atom. The first-order valence-corrected chi connectivity index (χ1v) is 5.80. The summed E-state index contributed by atoms with van der Waals surface area (Å²) in [5, 5.41) is 0.0731. The van der Waals surface area contributed by atoms with Crippen LogP contribution in [0.4, 0.5) is 0 Å². The van der Waals surface area contributed by atoms with Crippen LogP contribution >= 0.6 is 11.6 Å². The fourth-order valence-electron chi connectivity index (χ4n) is 1.67. The van der Waals surface area contributed by atoms with E-state index in [1.165, 1.54) is 14.2 Å². The smallest absolute Gasteiger partial charge is 0.258 e. The maximum absolute atomic E-state index is 11.9. The van der Waals surface area contributed by atoms with Gasteiger partial charge < -0.3 is 14.5 Å². The minimum atomic E-state index is -0.366. The second kappa shape index (κ2) is 4.86. The van der Waals surface area contributed by atoms with Crippen molar-refractivity contribution in [3.63, 3.8) is 0 Å². The molecular weight excluding hydrogens is 256 g/mol. The van der Waals surface area contributed by atoms with E-state index in [-0.39, 0.29) is 10.9 Å². The highest BCUT2D eigenvalue weighted by atomic mass is 35.5. The molecule has 0 bridgehead atoms. The first-order chi connectivity index (χ1) is 8.56. The molecule has 0 aliphatic carbocycles. The van der Waals surface area contributed by atoms with Crippen molar-refractivity contribution < 1.29 is 9.47 Å². The van der Waals surface area contributed by atoms with Crippen LogP contribution < -0.4 is 15.0 Å². The molecule has 2 rings (SSSR count). The Kier molecular flexibility index (Phi) is 3.43. The van der Waals surface area contributed by atoms with Gasteiger partial charge in [-0.05, 0) is 13.0 Å². The summed E-state index contributed by atoms with van der Waals surface area (Å²) in [5.74, 6) is 1.45.